The van der Waals surface area contributed by atoms with Crippen LogP contribution in [0, 0.1) is 6.92 Å². The SMILES string of the molecule is Cc1ccc(CN2CCC(OC(=O)C(=O)ON(C(=O)O)c3ccccc3-c3ccccc3)CC2)cc1. The minimum Gasteiger partial charge on any atom is -0.463 e. The van der Waals surface area contributed by atoms with Crippen molar-refractivity contribution >= 4 is 23.7 Å². The number of rotatable bonds is 5. The molecular weight excluding hydrogens is 460 g/mol. The van der Waals surface area contributed by atoms with Crippen LogP contribution in [0.2, 0.25) is 0 Å². The average molecular weight is 489 g/mol. The number of piperidine rings is 1. The molecule has 1 aliphatic heterocycles. The van der Waals surface area contributed by atoms with Gasteiger partial charge in [-0.25, -0.2) is 14.4 Å². The van der Waals surface area contributed by atoms with Crippen LogP contribution in [0.3, 0.4) is 0 Å². The molecule has 0 radical (unpaired) electrons. The van der Waals surface area contributed by atoms with Crippen molar-refractivity contribution in [3.63, 3.8) is 0 Å². The fraction of sp³-hybridized carbons (Fsp3) is 0.250. The van der Waals surface area contributed by atoms with Gasteiger partial charge < -0.3 is 14.7 Å². The topological polar surface area (TPSA) is 96.4 Å². The summed E-state index contributed by atoms with van der Waals surface area (Å²) in [4.78, 5) is 44.1. The second-order valence-corrected chi connectivity index (χ2v) is 8.71. The summed E-state index contributed by atoms with van der Waals surface area (Å²) in [5.41, 5.74) is 3.80. The maximum atomic E-state index is 12.5. The minimum atomic E-state index is -1.54. The Kier molecular flexibility index (Phi) is 7.97. The predicted octanol–water partition coefficient (Wildman–Crippen LogP) is 4.81. The van der Waals surface area contributed by atoms with Crippen molar-refractivity contribution in [2.75, 3.05) is 18.2 Å². The van der Waals surface area contributed by atoms with Gasteiger partial charge in [-0.15, -0.1) is 5.06 Å². The van der Waals surface area contributed by atoms with Crippen molar-refractivity contribution in [3.05, 3.63) is 90.0 Å². The molecule has 0 unspecified atom stereocenters. The summed E-state index contributed by atoms with van der Waals surface area (Å²) < 4.78 is 5.34. The Balaban J connectivity index is 1.34. The van der Waals surface area contributed by atoms with Gasteiger partial charge in [-0.1, -0.05) is 78.4 Å². The molecule has 1 aliphatic rings. The van der Waals surface area contributed by atoms with E-state index in [-0.39, 0.29) is 5.69 Å². The number of hydroxylamine groups is 1. The molecule has 1 N–H and O–H groups in total. The summed E-state index contributed by atoms with van der Waals surface area (Å²) in [6.07, 6.45) is -0.826. The Hall–Kier alpha value is -4.17. The Labute approximate surface area is 209 Å². The number of benzene rings is 3. The monoisotopic (exact) mass is 488 g/mol. The standard InChI is InChI=1S/C28H28N2O6/c1-20-11-13-21(14-12-20)19-29-17-15-23(16-18-29)35-26(31)27(32)36-30(28(33)34)25-10-6-5-9-24(25)22-7-3-2-4-8-22/h2-14,23H,15-19H2,1H3,(H,33,34). The molecule has 0 spiro atoms. The second-order valence-electron chi connectivity index (χ2n) is 8.71. The van der Waals surface area contributed by atoms with Crippen molar-refractivity contribution < 1.29 is 29.1 Å². The molecule has 0 bridgehead atoms. The fourth-order valence-electron chi connectivity index (χ4n) is 4.16. The Morgan fingerprint density at radius 3 is 2.19 bits per heavy atom. The van der Waals surface area contributed by atoms with Crippen LogP contribution in [-0.4, -0.2) is 47.2 Å². The Morgan fingerprint density at radius 2 is 1.53 bits per heavy atom. The van der Waals surface area contributed by atoms with Gasteiger partial charge in [0.25, 0.3) is 0 Å². The van der Waals surface area contributed by atoms with Crippen LogP contribution < -0.4 is 5.06 Å². The van der Waals surface area contributed by atoms with Crippen LogP contribution in [0.15, 0.2) is 78.9 Å². The lowest BCUT2D eigenvalue weighted by atomic mass is 10.0. The predicted molar refractivity (Wildman–Crippen MR) is 134 cm³/mol. The van der Waals surface area contributed by atoms with E-state index in [0.717, 1.165) is 12.1 Å². The molecule has 186 valence electrons. The number of ether oxygens (including phenoxy) is 1. The summed E-state index contributed by atoms with van der Waals surface area (Å²) in [6, 6.07) is 24.0. The summed E-state index contributed by atoms with van der Waals surface area (Å²) in [5.74, 6) is -2.60. The second kappa shape index (κ2) is 11.5. The van der Waals surface area contributed by atoms with Gasteiger partial charge >= 0.3 is 18.0 Å². The van der Waals surface area contributed by atoms with E-state index < -0.39 is 24.1 Å². The molecule has 3 aromatic rings. The lowest BCUT2D eigenvalue weighted by molar-refractivity contribution is -0.172. The number of hydrogen-bond donors (Lipinski definition) is 1. The average Bonchev–Trinajstić information content (AvgIpc) is 2.90. The molecule has 4 rings (SSSR count). The first-order chi connectivity index (χ1) is 17.4. The largest absolute Gasteiger partial charge is 0.463 e. The molecule has 0 saturated carbocycles. The maximum absolute atomic E-state index is 12.5. The normalized spacial score (nSPS) is 14.1. The molecule has 0 aromatic heterocycles. The van der Waals surface area contributed by atoms with Crippen molar-refractivity contribution in [1.29, 1.82) is 0 Å². The third-order valence-electron chi connectivity index (χ3n) is 6.06. The summed E-state index contributed by atoms with van der Waals surface area (Å²) in [6.45, 7) is 4.28. The first-order valence-corrected chi connectivity index (χ1v) is 11.8. The van der Waals surface area contributed by atoms with Crippen LogP contribution in [0.4, 0.5) is 10.5 Å². The third kappa shape index (κ3) is 6.28. The molecule has 0 atom stereocenters. The molecule has 1 fully saturated rings. The Bertz CT molecular complexity index is 1200. The summed E-state index contributed by atoms with van der Waals surface area (Å²) >= 11 is 0. The number of hydrogen-bond acceptors (Lipinski definition) is 6. The summed E-state index contributed by atoms with van der Waals surface area (Å²) in [5, 5.41) is 10.1. The van der Waals surface area contributed by atoms with E-state index >= 15 is 0 Å². The number of aryl methyl sites for hydroxylation is 1. The van der Waals surface area contributed by atoms with E-state index in [4.69, 9.17) is 9.57 Å². The van der Waals surface area contributed by atoms with Crippen molar-refractivity contribution in [3.8, 4) is 11.1 Å². The van der Waals surface area contributed by atoms with Gasteiger partial charge in [0, 0.05) is 25.2 Å². The van der Waals surface area contributed by atoms with Gasteiger partial charge in [-0.2, -0.15) is 0 Å². The fourth-order valence-corrected chi connectivity index (χ4v) is 4.16. The van der Waals surface area contributed by atoms with E-state index in [1.807, 2.05) is 25.1 Å². The van der Waals surface area contributed by atoms with Gasteiger partial charge in [0.2, 0.25) is 0 Å². The van der Waals surface area contributed by atoms with Crippen LogP contribution in [0.5, 0.6) is 0 Å². The van der Waals surface area contributed by atoms with Gasteiger partial charge in [0.15, 0.2) is 0 Å². The first kappa shape index (κ1) is 24.9. The maximum Gasteiger partial charge on any atom is 0.445 e. The van der Waals surface area contributed by atoms with Crippen molar-refractivity contribution in [2.45, 2.75) is 32.4 Å². The highest BCUT2D eigenvalue weighted by Crippen LogP contribution is 2.31. The molecule has 0 aliphatic carbocycles. The number of esters is 1. The molecule has 3 aromatic carbocycles. The quantitative estimate of drug-likeness (QED) is 0.313. The highest BCUT2D eigenvalue weighted by molar-refractivity contribution is 6.30. The van der Waals surface area contributed by atoms with Crippen LogP contribution in [-0.2, 0) is 25.7 Å². The molecule has 8 heteroatoms. The van der Waals surface area contributed by atoms with E-state index in [2.05, 4.69) is 29.2 Å². The zero-order valence-electron chi connectivity index (χ0n) is 20.0. The number of para-hydroxylation sites is 1. The minimum absolute atomic E-state index is 0.113. The number of likely N-dealkylation sites (tertiary alicyclic amines) is 1. The number of carbonyl (C=O) groups excluding carboxylic acids is 2. The van der Waals surface area contributed by atoms with Crippen LogP contribution in [0.25, 0.3) is 11.1 Å². The van der Waals surface area contributed by atoms with Gasteiger partial charge in [-0.3, -0.25) is 4.90 Å². The molecular formula is C28H28N2O6. The number of carbonyl (C=O) groups is 3. The number of amides is 1. The lowest BCUT2D eigenvalue weighted by Gasteiger charge is -2.31. The van der Waals surface area contributed by atoms with Crippen molar-refractivity contribution in [1.82, 2.24) is 4.90 Å². The van der Waals surface area contributed by atoms with E-state index in [0.29, 0.717) is 36.6 Å². The highest BCUT2D eigenvalue weighted by atomic mass is 16.7. The highest BCUT2D eigenvalue weighted by Gasteiger charge is 2.31. The first-order valence-electron chi connectivity index (χ1n) is 11.8. The molecule has 1 heterocycles. The van der Waals surface area contributed by atoms with Crippen LogP contribution >= 0.6 is 0 Å². The van der Waals surface area contributed by atoms with E-state index in [9.17, 15) is 19.5 Å². The van der Waals surface area contributed by atoms with Gasteiger partial charge in [0.1, 0.15) is 6.10 Å². The lowest BCUT2D eigenvalue weighted by Crippen LogP contribution is -2.40. The zero-order valence-corrected chi connectivity index (χ0v) is 20.0. The summed E-state index contributed by atoms with van der Waals surface area (Å²) in [7, 11) is 0. The van der Waals surface area contributed by atoms with Gasteiger partial charge in [0.05, 0.1) is 5.69 Å². The molecule has 36 heavy (non-hydrogen) atoms. The van der Waals surface area contributed by atoms with Crippen LogP contribution in [0.1, 0.15) is 24.0 Å². The molecule has 8 nitrogen and oxygen atoms in total. The van der Waals surface area contributed by atoms with Gasteiger partial charge in [-0.05, 0) is 37.0 Å². The van der Waals surface area contributed by atoms with E-state index in [1.165, 1.54) is 17.2 Å². The third-order valence-corrected chi connectivity index (χ3v) is 6.06. The van der Waals surface area contributed by atoms with Crippen molar-refractivity contribution in [2.24, 2.45) is 0 Å². The number of carboxylic acid groups (broad SMARTS) is 1. The number of nitrogens with zero attached hydrogens (tertiary/aromatic N) is 2. The zero-order chi connectivity index (χ0) is 25.5. The van der Waals surface area contributed by atoms with E-state index in [1.54, 1.807) is 30.3 Å². The Morgan fingerprint density at radius 1 is 0.889 bits per heavy atom. The number of anilines is 1. The molecule has 1 amide bonds. The molecule has 1 saturated heterocycles. The smallest absolute Gasteiger partial charge is 0.445 e.